The van der Waals surface area contributed by atoms with Gasteiger partial charge in [0.2, 0.25) is 0 Å². The number of nitrogens with two attached hydrogens (primary N) is 1. The van der Waals surface area contributed by atoms with E-state index in [0.717, 1.165) is 24.3 Å². The molecule has 6 heteroatoms. The van der Waals surface area contributed by atoms with Crippen LogP contribution in [0.1, 0.15) is 23.8 Å². The lowest BCUT2D eigenvalue weighted by Gasteiger charge is -2.12. The molecule has 0 amide bonds. The third kappa shape index (κ3) is 2.36. The Morgan fingerprint density at radius 3 is 3.19 bits per heavy atom. The molecule has 0 aliphatic heterocycles. The first kappa shape index (κ1) is 11.4. The van der Waals surface area contributed by atoms with Crippen molar-refractivity contribution in [1.29, 1.82) is 0 Å². The summed E-state index contributed by atoms with van der Waals surface area (Å²) >= 11 is 6.01. The van der Waals surface area contributed by atoms with E-state index in [1.54, 1.807) is 0 Å². The molecule has 2 atom stereocenters. The second kappa shape index (κ2) is 4.43. The van der Waals surface area contributed by atoms with Gasteiger partial charge in [-0.25, -0.2) is 4.98 Å². The van der Waals surface area contributed by atoms with Crippen LogP contribution in [0.15, 0.2) is 4.42 Å². The molecule has 0 bridgehead atoms. The van der Waals surface area contributed by atoms with Crippen molar-refractivity contribution < 1.29 is 14.3 Å². The van der Waals surface area contributed by atoms with Crippen LogP contribution in [0.2, 0.25) is 0 Å². The summed E-state index contributed by atoms with van der Waals surface area (Å²) in [5.74, 6) is 0.168. The van der Waals surface area contributed by atoms with Crippen LogP contribution in [0, 0.1) is 0 Å². The van der Waals surface area contributed by atoms with Gasteiger partial charge >= 0.3 is 5.97 Å². The molecule has 0 saturated heterocycles. The Bertz CT molecular complexity index is 405. The van der Waals surface area contributed by atoms with Crippen molar-refractivity contribution in [3.63, 3.8) is 0 Å². The van der Waals surface area contributed by atoms with Crippen molar-refractivity contribution in [3.8, 4) is 0 Å². The van der Waals surface area contributed by atoms with Gasteiger partial charge in [-0.1, -0.05) is 0 Å². The van der Waals surface area contributed by atoms with Crippen LogP contribution in [0.3, 0.4) is 0 Å². The van der Waals surface area contributed by atoms with Gasteiger partial charge in [0.25, 0.3) is 0 Å². The molecule has 1 heterocycles. The molecule has 2 rings (SSSR count). The normalized spacial score (nSPS) is 21.5. The van der Waals surface area contributed by atoms with E-state index in [2.05, 4.69) is 4.98 Å². The standard InChI is InChI=1S/C10H13ClN2O3/c11-5-1-2-8-7(3-5)13-9(16-8)4-6(12)10(14)15/h5-6H,1-4,12H2,(H,14,15)/t5?,6-/m1/s1. The number of nitrogens with zero attached hydrogens (tertiary/aromatic N) is 1. The first-order chi connectivity index (χ1) is 7.56. The van der Waals surface area contributed by atoms with Crippen molar-refractivity contribution >= 4 is 17.6 Å². The van der Waals surface area contributed by atoms with E-state index in [1.165, 1.54) is 0 Å². The Morgan fingerprint density at radius 2 is 2.50 bits per heavy atom. The van der Waals surface area contributed by atoms with Crippen LogP contribution >= 0.6 is 11.6 Å². The van der Waals surface area contributed by atoms with Gasteiger partial charge in [0.1, 0.15) is 11.8 Å². The summed E-state index contributed by atoms with van der Waals surface area (Å²) < 4.78 is 5.46. The Kier molecular flexibility index (Phi) is 3.16. The molecule has 0 fully saturated rings. The van der Waals surface area contributed by atoms with Gasteiger partial charge in [-0.2, -0.15) is 0 Å². The monoisotopic (exact) mass is 244 g/mol. The molecule has 1 aromatic heterocycles. The fourth-order valence-electron chi connectivity index (χ4n) is 1.75. The molecule has 1 aliphatic rings. The summed E-state index contributed by atoms with van der Waals surface area (Å²) in [6, 6.07) is -0.966. The van der Waals surface area contributed by atoms with Gasteiger partial charge in [-0.3, -0.25) is 4.79 Å². The number of fused-ring (bicyclic) bond motifs is 1. The van der Waals surface area contributed by atoms with Gasteiger partial charge in [-0.05, 0) is 6.42 Å². The fraction of sp³-hybridized carbons (Fsp3) is 0.600. The highest BCUT2D eigenvalue weighted by atomic mass is 35.5. The number of halogens is 1. The number of carbonyl (C=O) groups is 1. The summed E-state index contributed by atoms with van der Waals surface area (Å²) in [6.45, 7) is 0. The van der Waals surface area contributed by atoms with E-state index in [4.69, 9.17) is 26.9 Å². The lowest BCUT2D eigenvalue weighted by atomic mass is 10.0. The van der Waals surface area contributed by atoms with Gasteiger partial charge in [-0.15, -0.1) is 11.6 Å². The van der Waals surface area contributed by atoms with E-state index in [0.29, 0.717) is 12.3 Å². The SMILES string of the molecule is N[C@H](Cc1nc2c(o1)CCC(Cl)C2)C(=O)O. The number of rotatable bonds is 3. The van der Waals surface area contributed by atoms with Crippen LogP contribution in [-0.2, 0) is 24.1 Å². The molecule has 1 aliphatic carbocycles. The minimum absolute atomic E-state index is 0.0959. The van der Waals surface area contributed by atoms with Crippen LogP contribution < -0.4 is 5.73 Å². The highest BCUT2D eigenvalue weighted by molar-refractivity contribution is 6.20. The molecule has 88 valence electrons. The van der Waals surface area contributed by atoms with E-state index in [1.807, 2.05) is 0 Å². The maximum atomic E-state index is 10.6. The lowest BCUT2D eigenvalue weighted by molar-refractivity contribution is -0.138. The third-order valence-electron chi connectivity index (χ3n) is 2.63. The molecule has 0 saturated carbocycles. The number of hydrogen-bond donors (Lipinski definition) is 2. The first-order valence-electron chi connectivity index (χ1n) is 5.16. The van der Waals surface area contributed by atoms with Crippen LogP contribution in [0.25, 0.3) is 0 Å². The van der Waals surface area contributed by atoms with E-state index in [-0.39, 0.29) is 11.8 Å². The zero-order valence-electron chi connectivity index (χ0n) is 8.65. The number of carboxylic acids is 1. The zero-order valence-corrected chi connectivity index (χ0v) is 9.41. The molecule has 0 aromatic carbocycles. The van der Waals surface area contributed by atoms with Crippen LogP contribution in [-0.4, -0.2) is 27.5 Å². The second-order valence-corrected chi connectivity index (χ2v) is 4.58. The topological polar surface area (TPSA) is 89.4 Å². The predicted octanol–water partition coefficient (Wildman–Crippen LogP) is 0.725. The number of aryl methyl sites for hydroxylation is 1. The summed E-state index contributed by atoms with van der Waals surface area (Å²) in [5, 5.41) is 8.77. The average Bonchev–Trinajstić information content (AvgIpc) is 2.58. The van der Waals surface area contributed by atoms with Crippen molar-refractivity contribution in [2.24, 2.45) is 5.73 Å². The molecule has 0 radical (unpaired) electrons. The first-order valence-corrected chi connectivity index (χ1v) is 5.60. The fourth-order valence-corrected chi connectivity index (χ4v) is 2.01. The van der Waals surface area contributed by atoms with Crippen molar-refractivity contribution in [2.75, 3.05) is 0 Å². The third-order valence-corrected chi connectivity index (χ3v) is 3.01. The number of aromatic nitrogens is 1. The maximum Gasteiger partial charge on any atom is 0.321 e. The molecule has 1 unspecified atom stereocenters. The van der Waals surface area contributed by atoms with E-state index in [9.17, 15) is 4.79 Å². The zero-order chi connectivity index (χ0) is 11.7. The molecule has 3 N–H and O–H groups in total. The molecular formula is C10H13ClN2O3. The van der Waals surface area contributed by atoms with Gasteiger partial charge < -0.3 is 15.3 Å². The minimum atomic E-state index is -1.05. The number of hydrogen-bond acceptors (Lipinski definition) is 4. The van der Waals surface area contributed by atoms with Crippen LogP contribution in [0.5, 0.6) is 0 Å². The second-order valence-electron chi connectivity index (χ2n) is 3.97. The molecule has 5 nitrogen and oxygen atoms in total. The highest BCUT2D eigenvalue weighted by Crippen LogP contribution is 2.25. The number of aliphatic carboxylic acids is 1. The smallest absolute Gasteiger partial charge is 0.321 e. The number of alkyl halides is 1. The van der Waals surface area contributed by atoms with E-state index >= 15 is 0 Å². The van der Waals surface area contributed by atoms with Crippen molar-refractivity contribution in [3.05, 3.63) is 17.3 Å². The Hall–Kier alpha value is -1.07. The summed E-state index contributed by atoms with van der Waals surface area (Å²) in [7, 11) is 0. The number of carboxylic acid groups (broad SMARTS) is 1. The van der Waals surface area contributed by atoms with Crippen LogP contribution in [0.4, 0.5) is 0 Å². The maximum absolute atomic E-state index is 10.6. The lowest BCUT2D eigenvalue weighted by Crippen LogP contribution is -2.32. The average molecular weight is 245 g/mol. The molecule has 0 spiro atoms. The molecular weight excluding hydrogens is 232 g/mol. The quantitative estimate of drug-likeness (QED) is 0.765. The Labute approximate surface area is 97.6 Å². The van der Waals surface area contributed by atoms with Gasteiger partial charge in [0.05, 0.1) is 12.1 Å². The van der Waals surface area contributed by atoms with Crippen molar-refractivity contribution in [1.82, 2.24) is 4.98 Å². The summed E-state index contributed by atoms with van der Waals surface area (Å²) in [5.41, 5.74) is 6.25. The van der Waals surface area contributed by atoms with E-state index < -0.39 is 12.0 Å². The van der Waals surface area contributed by atoms with Crippen molar-refractivity contribution in [2.45, 2.75) is 37.1 Å². The predicted molar refractivity (Wildman–Crippen MR) is 57.5 cm³/mol. The molecule has 16 heavy (non-hydrogen) atoms. The Morgan fingerprint density at radius 1 is 1.75 bits per heavy atom. The van der Waals surface area contributed by atoms with Gasteiger partial charge in [0, 0.05) is 18.2 Å². The largest absolute Gasteiger partial charge is 0.480 e. The summed E-state index contributed by atoms with van der Waals surface area (Å²) in [4.78, 5) is 14.8. The summed E-state index contributed by atoms with van der Waals surface area (Å²) in [6.07, 6.45) is 2.44. The minimum Gasteiger partial charge on any atom is -0.480 e. The highest BCUT2D eigenvalue weighted by Gasteiger charge is 2.24. The number of oxazole rings is 1. The Balaban J connectivity index is 2.10. The molecule has 1 aromatic rings. The van der Waals surface area contributed by atoms with Gasteiger partial charge in [0.15, 0.2) is 5.89 Å².